The summed E-state index contributed by atoms with van der Waals surface area (Å²) in [5, 5.41) is 2.99. The maximum absolute atomic E-state index is 12.9. The zero-order valence-electron chi connectivity index (χ0n) is 17.1. The number of hydrogen-bond acceptors (Lipinski definition) is 4. The predicted octanol–water partition coefficient (Wildman–Crippen LogP) is 4.35. The summed E-state index contributed by atoms with van der Waals surface area (Å²) in [5.74, 6) is 1.24. The Bertz CT molecular complexity index is 1170. The maximum atomic E-state index is 12.9. The van der Waals surface area contributed by atoms with E-state index in [1.54, 1.807) is 6.20 Å². The van der Waals surface area contributed by atoms with Gasteiger partial charge in [-0.1, -0.05) is 36.4 Å². The summed E-state index contributed by atoms with van der Waals surface area (Å²) in [4.78, 5) is 26.3. The van der Waals surface area contributed by atoms with E-state index in [1.807, 2.05) is 73.2 Å². The summed E-state index contributed by atoms with van der Waals surface area (Å²) in [6.45, 7) is 1.26. The number of pyridine rings is 1. The van der Waals surface area contributed by atoms with Crippen molar-refractivity contribution in [2.75, 3.05) is 0 Å². The monoisotopic (exact) mass is 409 g/mol. The molecule has 0 aliphatic heterocycles. The van der Waals surface area contributed by atoms with Gasteiger partial charge in [0.1, 0.15) is 5.69 Å². The highest BCUT2D eigenvalue weighted by Crippen LogP contribution is 2.32. The molecule has 0 bridgehead atoms. The molecule has 6 heteroatoms. The molecule has 1 aromatic carbocycles. The molecule has 0 radical (unpaired) electrons. The number of rotatable bonds is 7. The van der Waals surface area contributed by atoms with E-state index in [0.29, 0.717) is 24.0 Å². The Balaban J connectivity index is 1.38. The van der Waals surface area contributed by atoms with Gasteiger partial charge in [-0.05, 0) is 37.0 Å². The average Bonchev–Trinajstić information content (AvgIpc) is 3.55. The van der Waals surface area contributed by atoms with Gasteiger partial charge in [-0.3, -0.25) is 9.78 Å². The molecule has 31 heavy (non-hydrogen) atoms. The lowest BCUT2D eigenvalue weighted by molar-refractivity contribution is 0.0940. The minimum Gasteiger partial charge on any atom is -0.345 e. The summed E-state index contributed by atoms with van der Waals surface area (Å²) in [5.41, 5.74) is 4.32. The first-order chi connectivity index (χ1) is 15.3. The number of nitrogens with one attached hydrogen (secondary N) is 1. The second-order valence-corrected chi connectivity index (χ2v) is 7.87. The fraction of sp³-hybridized carbons (Fsp3) is 0.200. The largest absolute Gasteiger partial charge is 0.345 e. The molecule has 3 heterocycles. The number of hydrogen-bond donors (Lipinski definition) is 1. The molecular weight excluding hydrogens is 386 g/mol. The van der Waals surface area contributed by atoms with Gasteiger partial charge in [-0.15, -0.1) is 0 Å². The van der Waals surface area contributed by atoms with E-state index in [9.17, 15) is 4.79 Å². The minimum atomic E-state index is -0.0978. The van der Waals surface area contributed by atoms with Crippen LogP contribution in [0.5, 0.6) is 0 Å². The van der Waals surface area contributed by atoms with Gasteiger partial charge in [0.2, 0.25) is 0 Å². The summed E-state index contributed by atoms with van der Waals surface area (Å²) in [7, 11) is 0. The second-order valence-electron chi connectivity index (χ2n) is 7.87. The van der Waals surface area contributed by atoms with Crippen molar-refractivity contribution in [2.24, 2.45) is 5.92 Å². The Hall–Kier alpha value is -3.80. The molecule has 6 nitrogen and oxygen atoms in total. The van der Waals surface area contributed by atoms with Crippen LogP contribution >= 0.6 is 0 Å². The number of amides is 1. The number of nitrogens with zero attached hydrogens (tertiary/aromatic N) is 4. The van der Waals surface area contributed by atoms with Crippen molar-refractivity contribution in [1.82, 2.24) is 24.8 Å². The molecule has 1 fully saturated rings. The van der Waals surface area contributed by atoms with E-state index in [4.69, 9.17) is 0 Å². The van der Waals surface area contributed by atoms with Gasteiger partial charge >= 0.3 is 0 Å². The Morgan fingerprint density at radius 1 is 0.935 bits per heavy atom. The Kier molecular flexibility index (Phi) is 5.27. The lowest BCUT2D eigenvalue weighted by Gasteiger charge is -2.09. The molecule has 1 aliphatic rings. The van der Waals surface area contributed by atoms with Gasteiger partial charge < -0.3 is 9.88 Å². The smallest absolute Gasteiger partial charge is 0.268 e. The van der Waals surface area contributed by atoms with E-state index >= 15 is 0 Å². The summed E-state index contributed by atoms with van der Waals surface area (Å²) in [6, 6.07) is 17.5. The summed E-state index contributed by atoms with van der Waals surface area (Å²) < 4.78 is 2.06. The first-order valence-corrected chi connectivity index (χ1v) is 10.5. The maximum Gasteiger partial charge on any atom is 0.268 e. The van der Waals surface area contributed by atoms with Crippen LogP contribution < -0.4 is 5.32 Å². The molecule has 0 atom stereocenters. The first kappa shape index (κ1) is 19.2. The minimum absolute atomic E-state index is 0.0978. The molecule has 5 rings (SSSR count). The van der Waals surface area contributed by atoms with Crippen molar-refractivity contribution >= 4 is 5.91 Å². The predicted molar refractivity (Wildman–Crippen MR) is 119 cm³/mol. The van der Waals surface area contributed by atoms with Crippen LogP contribution in [0.3, 0.4) is 0 Å². The van der Waals surface area contributed by atoms with Crippen molar-refractivity contribution < 1.29 is 4.79 Å². The standard InChI is InChI=1S/C25H23N5O/c31-25(29-15-22-8-4-5-11-26-22)23-12-20(17-30(23)16-18-9-10-18)21-13-27-24(28-14-21)19-6-2-1-3-7-19/h1-8,11-14,17-18H,9-10,15-16H2,(H,29,31). The highest BCUT2D eigenvalue weighted by molar-refractivity contribution is 5.94. The normalized spacial score (nSPS) is 13.2. The average molecular weight is 409 g/mol. The van der Waals surface area contributed by atoms with Crippen LogP contribution in [0.25, 0.3) is 22.5 Å². The first-order valence-electron chi connectivity index (χ1n) is 10.5. The SMILES string of the molecule is O=C(NCc1ccccn1)c1cc(-c2cnc(-c3ccccc3)nc2)cn1CC1CC1. The lowest BCUT2D eigenvalue weighted by Crippen LogP contribution is -2.26. The van der Waals surface area contributed by atoms with E-state index < -0.39 is 0 Å². The van der Waals surface area contributed by atoms with E-state index in [2.05, 4.69) is 24.8 Å². The van der Waals surface area contributed by atoms with Crippen LogP contribution in [0.15, 0.2) is 79.4 Å². The third-order valence-electron chi connectivity index (χ3n) is 5.45. The lowest BCUT2D eigenvalue weighted by atomic mass is 10.1. The quantitative estimate of drug-likeness (QED) is 0.493. The van der Waals surface area contributed by atoms with Crippen molar-refractivity contribution in [3.05, 3.63) is 90.8 Å². The van der Waals surface area contributed by atoms with Gasteiger partial charge in [0.25, 0.3) is 5.91 Å². The third kappa shape index (κ3) is 4.53. The third-order valence-corrected chi connectivity index (χ3v) is 5.45. The molecule has 1 amide bonds. The van der Waals surface area contributed by atoms with E-state index in [1.165, 1.54) is 12.8 Å². The zero-order chi connectivity index (χ0) is 21.0. The van der Waals surface area contributed by atoms with Crippen LogP contribution in [0.1, 0.15) is 29.0 Å². The van der Waals surface area contributed by atoms with Crippen LogP contribution in [0, 0.1) is 5.92 Å². The van der Waals surface area contributed by atoms with E-state index in [0.717, 1.165) is 28.9 Å². The van der Waals surface area contributed by atoms with Gasteiger partial charge in [0.05, 0.1) is 12.2 Å². The van der Waals surface area contributed by atoms with Crippen LogP contribution in [-0.2, 0) is 13.1 Å². The zero-order valence-corrected chi connectivity index (χ0v) is 17.1. The van der Waals surface area contributed by atoms with Gasteiger partial charge in [0, 0.05) is 48.0 Å². The molecule has 154 valence electrons. The Morgan fingerprint density at radius 2 is 1.71 bits per heavy atom. The topological polar surface area (TPSA) is 72.7 Å². The van der Waals surface area contributed by atoms with Gasteiger partial charge in [-0.2, -0.15) is 0 Å². The Labute approximate surface area is 181 Å². The summed E-state index contributed by atoms with van der Waals surface area (Å²) in [6.07, 6.45) is 9.85. The molecule has 1 aliphatic carbocycles. The number of benzene rings is 1. The highest BCUT2D eigenvalue weighted by Gasteiger charge is 2.24. The molecule has 0 spiro atoms. The van der Waals surface area contributed by atoms with Gasteiger partial charge in [0.15, 0.2) is 5.82 Å². The van der Waals surface area contributed by atoms with E-state index in [-0.39, 0.29) is 5.91 Å². The molecule has 1 saturated carbocycles. The number of carbonyl (C=O) groups excluding carboxylic acids is 1. The van der Waals surface area contributed by atoms with Crippen molar-refractivity contribution in [3.8, 4) is 22.5 Å². The molecule has 0 unspecified atom stereocenters. The molecular formula is C25H23N5O. The van der Waals surface area contributed by atoms with Crippen LogP contribution in [0.4, 0.5) is 0 Å². The van der Waals surface area contributed by atoms with Crippen LogP contribution in [0.2, 0.25) is 0 Å². The molecule has 4 aromatic rings. The molecule has 1 N–H and O–H groups in total. The van der Waals surface area contributed by atoms with Crippen LogP contribution in [-0.4, -0.2) is 25.4 Å². The van der Waals surface area contributed by atoms with Crippen molar-refractivity contribution in [1.29, 1.82) is 0 Å². The molecule has 0 saturated heterocycles. The van der Waals surface area contributed by atoms with Crippen molar-refractivity contribution in [3.63, 3.8) is 0 Å². The fourth-order valence-electron chi connectivity index (χ4n) is 3.57. The fourth-order valence-corrected chi connectivity index (χ4v) is 3.57. The number of aromatic nitrogens is 4. The number of carbonyl (C=O) groups is 1. The van der Waals surface area contributed by atoms with Gasteiger partial charge in [-0.25, -0.2) is 9.97 Å². The summed E-state index contributed by atoms with van der Waals surface area (Å²) >= 11 is 0. The Morgan fingerprint density at radius 3 is 2.42 bits per heavy atom. The second kappa shape index (κ2) is 8.52. The van der Waals surface area contributed by atoms with Crippen molar-refractivity contribution in [2.45, 2.75) is 25.9 Å². The highest BCUT2D eigenvalue weighted by atomic mass is 16.1. The molecule has 3 aromatic heterocycles.